The zero-order chi connectivity index (χ0) is 19.6. The number of benzene rings is 2. The Hall–Kier alpha value is -3.08. The van der Waals surface area contributed by atoms with Crippen LogP contribution in [0.2, 0.25) is 0 Å². The Morgan fingerprint density at radius 2 is 1.81 bits per heavy atom. The standard InChI is InChI=1S/C22H25N3O2/c1-14-7-6-8-15(2)22(14)24-21(26)13-25(4)20-11-16(3)23-19-10-9-17(27-5)12-18(19)20/h6-12H,13H2,1-5H3,(H,24,26). The van der Waals surface area contributed by atoms with E-state index in [4.69, 9.17) is 4.74 Å². The lowest BCUT2D eigenvalue weighted by Crippen LogP contribution is -2.30. The van der Waals surface area contributed by atoms with E-state index in [0.29, 0.717) is 0 Å². The van der Waals surface area contributed by atoms with E-state index in [-0.39, 0.29) is 12.5 Å². The third kappa shape index (κ3) is 4.03. The number of ether oxygens (including phenoxy) is 1. The van der Waals surface area contributed by atoms with Gasteiger partial charge in [0.15, 0.2) is 0 Å². The zero-order valence-corrected chi connectivity index (χ0v) is 16.5. The third-order valence-corrected chi connectivity index (χ3v) is 4.66. The van der Waals surface area contributed by atoms with Crippen LogP contribution >= 0.6 is 0 Å². The molecule has 0 fully saturated rings. The molecule has 5 nitrogen and oxygen atoms in total. The van der Waals surface area contributed by atoms with E-state index in [1.165, 1.54) is 0 Å². The molecule has 3 aromatic rings. The van der Waals surface area contributed by atoms with Gasteiger partial charge in [0.2, 0.25) is 5.91 Å². The summed E-state index contributed by atoms with van der Waals surface area (Å²) in [5.74, 6) is 0.711. The number of anilines is 2. The van der Waals surface area contributed by atoms with Gasteiger partial charge in [0.1, 0.15) is 5.75 Å². The molecule has 3 rings (SSSR count). The first-order valence-electron chi connectivity index (χ1n) is 8.91. The Kier molecular flexibility index (Phi) is 5.31. The van der Waals surface area contributed by atoms with E-state index in [0.717, 1.165) is 44.8 Å². The van der Waals surface area contributed by atoms with Crippen LogP contribution in [0.3, 0.4) is 0 Å². The molecule has 0 unspecified atom stereocenters. The van der Waals surface area contributed by atoms with E-state index >= 15 is 0 Å². The fourth-order valence-corrected chi connectivity index (χ4v) is 3.25. The molecule has 0 saturated heterocycles. The lowest BCUT2D eigenvalue weighted by Gasteiger charge is -2.22. The van der Waals surface area contributed by atoms with Crippen molar-refractivity contribution in [3.63, 3.8) is 0 Å². The lowest BCUT2D eigenvalue weighted by atomic mass is 10.1. The summed E-state index contributed by atoms with van der Waals surface area (Å²) in [6.45, 7) is 6.19. The number of pyridine rings is 1. The molecule has 2 aromatic carbocycles. The largest absolute Gasteiger partial charge is 0.497 e. The van der Waals surface area contributed by atoms with Crippen molar-refractivity contribution in [1.29, 1.82) is 0 Å². The van der Waals surface area contributed by atoms with E-state index in [1.54, 1.807) is 7.11 Å². The minimum absolute atomic E-state index is 0.0552. The molecule has 0 radical (unpaired) electrons. The molecule has 1 amide bonds. The van der Waals surface area contributed by atoms with Gasteiger partial charge in [-0.3, -0.25) is 9.78 Å². The Bertz CT molecular complexity index is 978. The van der Waals surface area contributed by atoms with Crippen LogP contribution in [0.15, 0.2) is 42.5 Å². The number of nitrogens with one attached hydrogen (secondary N) is 1. The summed E-state index contributed by atoms with van der Waals surface area (Å²) in [5, 5.41) is 4.00. The summed E-state index contributed by atoms with van der Waals surface area (Å²) < 4.78 is 5.35. The van der Waals surface area contributed by atoms with Crippen LogP contribution in [0.25, 0.3) is 10.9 Å². The van der Waals surface area contributed by atoms with Crippen molar-refractivity contribution in [3.8, 4) is 5.75 Å². The smallest absolute Gasteiger partial charge is 0.243 e. The number of rotatable bonds is 5. The van der Waals surface area contributed by atoms with Crippen LogP contribution in [-0.2, 0) is 4.79 Å². The topological polar surface area (TPSA) is 54.5 Å². The molecule has 1 aromatic heterocycles. The van der Waals surface area contributed by atoms with Gasteiger partial charge in [-0.1, -0.05) is 18.2 Å². The number of fused-ring (bicyclic) bond motifs is 1. The van der Waals surface area contributed by atoms with Gasteiger partial charge in [-0.15, -0.1) is 0 Å². The molecule has 0 aliphatic rings. The highest BCUT2D eigenvalue weighted by Crippen LogP contribution is 2.29. The monoisotopic (exact) mass is 363 g/mol. The van der Waals surface area contributed by atoms with Crippen LogP contribution in [0.1, 0.15) is 16.8 Å². The number of hydrogen-bond donors (Lipinski definition) is 1. The minimum atomic E-state index is -0.0552. The van der Waals surface area contributed by atoms with Crippen molar-refractivity contribution >= 4 is 28.2 Å². The molecule has 1 N–H and O–H groups in total. The van der Waals surface area contributed by atoms with Crippen LogP contribution in [0, 0.1) is 20.8 Å². The number of likely N-dealkylation sites (N-methyl/N-ethyl adjacent to an activating group) is 1. The summed E-state index contributed by atoms with van der Waals surface area (Å²) in [6.07, 6.45) is 0. The number of aryl methyl sites for hydroxylation is 3. The van der Waals surface area contributed by atoms with E-state index in [9.17, 15) is 4.79 Å². The summed E-state index contributed by atoms with van der Waals surface area (Å²) in [5.41, 5.74) is 5.74. The van der Waals surface area contributed by atoms with Crippen LogP contribution in [0.4, 0.5) is 11.4 Å². The molecular formula is C22H25N3O2. The first-order chi connectivity index (χ1) is 12.9. The Balaban J connectivity index is 1.87. The number of amides is 1. The molecule has 140 valence electrons. The number of nitrogens with zero attached hydrogens (tertiary/aromatic N) is 2. The first-order valence-corrected chi connectivity index (χ1v) is 8.91. The van der Waals surface area contributed by atoms with Gasteiger partial charge in [-0.05, 0) is 56.2 Å². The summed E-state index contributed by atoms with van der Waals surface area (Å²) >= 11 is 0. The molecule has 0 aliphatic heterocycles. The molecule has 27 heavy (non-hydrogen) atoms. The van der Waals surface area contributed by atoms with Gasteiger partial charge < -0.3 is 15.0 Å². The third-order valence-electron chi connectivity index (χ3n) is 4.66. The molecule has 1 heterocycles. The SMILES string of the molecule is COc1ccc2nc(C)cc(N(C)CC(=O)Nc3c(C)cccc3C)c2c1. The zero-order valence-electron chi connectivity index (χ0n) is 16.5. The Labute approximate surface area is 160 Å². The van der Waals surface area contributed by atoms with Gasteiger partial charge in [-0.25, -0.2) is 0 Å². The van der Waals surface area contributed by atoms with E-state index in [1.807, 2.05) is 75.2 Å². The van der Waals surface area contributed by atoms with E-state index in [2.05, 4.69) is 10.3 Å². The molecule has 5 heteroatoms. The number of aromatic nitrogens is 1. The van der Waals surface area contributed by atoms with Crippen molar-refractivity contribution in [2.75, 3.05) is 30.9 Å². The predicted octanol–water partition coefficient (Wildman–Crippen LogP) is 4.24. The number of para-hydroxylation sites is 1. The fraction of sp³-hybridized carbons (Fsp3) is 0.273. The highest BCUT2D eigenvalue weighted by molar-refractivity contribution is 5.98. The lowest BCUT2D eigenvalue weighted by molar-refractivity contribution is -0.114. The fourth-order valence-electron chi connectivity index (χ4n) is 3.25. The van der Waals surface area contributed by atoms with Gasteiger partial charge in [0.25, 0.3) is 0 Å². The maximum atomic E-state index is 12.7. The minimum Gasteiger partial charge on any atom is -0.497 e. The van der Waals surface area contributed by atoms with E-state index < -0.39 is 0 Å². The van der Waals surface area contributed by atoms with Crippen molar-refractivity contribution in [3.05, 3.63) is 59.3 Å². The molecule has 0 bridgehead atoms. The average molecular weight is 363 g/mol. The number of hydrogen-bond acceptors (Lipinski definition) is 4. The normalized spacial score (nSPS) is 10.7. The maximum absolute atomic E-state index is 12.7. The second-order valence-corrected chi connectivity index (χ2v) is 6.84. The van der Waals surface area contributed by atoms with Crippen molar-refractivity contribution < 1.29 is 9.53 Å². The molecule has 0 spiro atoms. The maximum Gasteiger partial charge on any atom is 0.243 e. The summed E-state index contributed by atoms with van der Waals surface area (Å²) in [7, 11) is 3.56. The number of methoxy groups -OCH3 is 1. The van der Waals surface area contributed by atoms with Gasteiger partial charge in [0, 0.05) is 29.5 Å². The second kappa shape index (κ2) is 7.66. The van der Waals surface area contributed by atoms with Crippen LogP contribution in [-0.4, -0.2) is 31.6 Å². The molecular weight excluding hydrogens is 338 g/mol. The Morgan fingerprint density at radius 3 is 2.48 bits per heavy atom. The van der Waals surface area contributed by atoms with Crippen molar-refractivity contribution in [1.82, 2.24) is 4.98 Å². The molecule has 0 atom stereocenters. The van der Waals surface area contributed by atoms with Crippen LogP contribution in [0.5, 0.6) is 5.75 Å². The van der Waals surface area contributed by atoms with Crippen LogP contribution < -0.4 is 15.0 Å². The van der Waals surface area contributed by atoms with Crippen molar-refractivity contribution in [2.45, 2.75) is 20.8 Å². The first kappa shape index (κ1) is 18.7. The van der Waals surface area contributed by atoms with Gasteiger partial charge in [-0.2, -0.15) is 0 Å². The Morgan fingerprint density at radius 1 is 1.11 bits per heavy atom. The summed E-state index contributed by atoms with van der Waals surface area (Å²) in [6, 6.07) is 13.8. The quantitative estimate of drug-likeness (QED) is 0.736. The predicted molar refractivity (Wildman–Crippen MR) is 111 cm³/mol. The number of carbonyl (C=O) groups excluding carboxylic acids is 1. The van der Waals surface area contributed by atoms with Gasteiger partial charge >= 0.3 is 0 Å². The molecule has 0 saturated carbocycles. The second-order valence-electron chi connectivity index (χ2n) is 6.84. The number of carbonyl (C=O) groups is 1. The van der Waals surface area contributed by atoms with Crippen molar-refractivity contribution in [2.24, 2.45) is 0 Å². The van der Waals surface area contributed by atoms with Gasteiger partial charge in [0.05, 0.1) is 19.2 Å². The highest BCUT2D eigenvalue weighted by Gasteiger charge is 2.14. The molecule has 0 aliphatic carbocycles. The highest BCUT2D eigenvalue weighted by atomic mass is 16.5. The average Bonchev–Trinajstić information content (AvgIpc) is 2.63. The summed E-state index contributed by atoms with van der Waals surface area (Å²) in [4.78, 5) is 19.2.